The fourth-order valence-electron chi connectivity index (χ4n) is 3.81. The molecule has 1 aliphatic rings. The number of benzene rings is 1. The summed E-state index contributed by atoms with van der Waals surface area (Å²) in [5.74, 6) is -0.0413. The van der Waals surface area contributed by atoms with Crippen LogP contribution in [-0.2, 0) is 11.8 Å². The smallest absolute Gasteiger partial charge is 0.252 e. The van der Waals surface area contributed by atoms with Crippen LogP contribution >= 0.6 is 0 Å². The van der Waals surface area contributed by atoms with E-state index in [0.717, 1.165) is 67.1 Å². The molecule has 0 atom stereocenters. The van der Waals surface area contributed by atoms with Gasteiger partial charge in [-0.2, -0.15) is 0 Å². The number of aromatic nitrogens is 2. The van der Waals surface area contributed by atoms with Gasteiger partial charge in [-0.1, -0.05) is 11.6 Å². The molecule has 4 rings (SSSR count). The van der Waals surface area contributed by atoms with Crippen LogP contribution in [-0.4, -0.2) is 59.8 Å². The highest BCUT2D eigenvalue weighted by Crippen LogP contribution is 2.26. The molecule has 0 saturated carbocycles. The van der Waals surface area contributed by atoms with E-state index in [9.17, 15) is 4.79 Å². The number of hydrogen-bond acceptors (Lipinski definition) is 4. The van der Waals surface area contributed by atoms with Crippen LogP contribution in [0.15, 0.2) is 42.6 Å². The summed E-state index contributed by atoms with van der Waals surface area (Å²) in [6.07, 6.45) is 2.92. The summed E-state index contributed by atoms with van der Waals surface area (Å²) in [6, 6.07) is 12.0. The van der Waals surface area contributed by atoms with E-state index in [4.69, 9.17) is 9.72 Å². The van der Waals surface area contributed by atoms with Gasteiger partial charge in [-0.3, -0.25) is 9.69 Å². The van der Waals surface area contributed by atoms with Crippen LogP contribution in [0.5, 0.6) is 0 Å². The molecule has 2 aromatic heterocycles. The Morgan fingerprint density at radius 2 is 2.03 bits per heavy atom. The van der Waals surface area contributed by atoms with Crippen molar-refractivity contribution in [3.63, 3.8) is 0 Å². The lowest BCUT2D eigenvalue weighted by molar-refractivity contribution is 0.0374. The van der Waals surface area contributed by atoms with E-state index < -0.39 is 0 Å². The van der Waals surface area contributed by atoms with Crippen LogP contribution in [0, 0.1) is 6.92 Å². The Hall–Kier alpha value is -2.70. The first kappa shape index (κ1) is 19.6. The first-order valence-corrected chi connectivity index (χ1v) is 10.2. The number of carbonyl (C=O) groups excluding carboxylic acids is 1. The maximum Gasteiger partial charge on any atom is 0.252 e. The molecular formula is C23H28N4O2. The van der Waals surface area contributed by atoms with Gasteiger partial charge >= 0.3 is 0 Å². The molecule has 0 radical (unpaired) electrons. The number of aryl methyl sites for hydroxylation is 2. The van der Waals surface area contributed by atoms with Crippen molar-refractivity contribution >= 4 is 16.8 Å². The Morgan fingerprint density at radius 1 is 1.21 bits per heavy atom. The molecule has 1 amide bonds. The number of pyridine rings is 1. The van der Waals surface area contributed by atoms with Crippen LogP contribution in [0.1, 0.15) is 22.3 Å². The van der Waals surface area contributed by atoms with E-state index in [1.807, 2.05) is 61.1 Å². The predicted octanol–water partition coefficient (Wildman–Crippen LogP) is 3.00. The van der Waals surface area contributed by atoms with Gasteiger partial charge in [0.15, 0.2) is 0 Å². The maximum atomic E-state index is 13.0. The fourth-order valence-corrected chi connectivity index (χ4v) is 3.81. The Balaban J connectivity index is 1.53. The van der Waals surface area contributed by atoms with Crippen LogP contribution in [0.2, 0.25) is 0 Å². The van der Waals surface area contributed by atoms with Gasteiger partial charge < -0.3 is 14.6 Å². The first-order chi connectivity index (χ1) is 14.1. The lowest BCUT2D eigenvalue weighted by Gasteiger charge is -2.26. The second kappa shape index (κ2) is 8.76. The lowest BCUT2D eigenvalue weighted by atomic mass is 10.0. The summed E-state index contributed by atoms with van der Waals surface area (Å²) in [5, 5.41) is 4.00. The van der Waals surface area contributed by atoms with Gasteiger partial charge in [-0.15, -0.1) is 0 Å². The number of hydrogen-bond donors (Lipinski definition) is 1. The van der Waals surface area contributed by atoms with Crippen LogP contribution in [0.25, 0.3) is 22.3 Å². The number of ether oxygens (including phenoxy) is 1. The van der Waals surface area contributed by atoms with Gasteiger partial charge in [0.1, 0.15) is 0 Å². The zero-order chi connectivity index (χ0) is 20.2. The van der Waals surface area contributed by atoms with Crippen molar-refractivity contribution < 1.29 is 9.53 Å². The molecule has 6 heteroatoms. The summed E-state index contributed by atoms with van der Waals surface area (Å²) in [6.45, 7) is 7.23. The van der Waals surface area contributed by atoms with Crippen molar-refractivity contribution in [2.24, 2.45) is 7.05 Å². The molecule has 0 unspecified atom stereocenters. The maximum absolute atomic E-state index is 13.0. The molecule has 0 aliphatic carbocycles. The van der Waals surface area contributed by atoms with Crippen LogP contribution in [0.4, 0.5) is 0 Å². The van der Waals surface area contributed by atoms with Gasteiger partial charge in [-0.05, 0) is 50.2 Å². The van der Waals surface area contributed by atoms with Crippen molar-refractivity contribution in [3.8, 4) is 11.4 Å². The van der Waals surface area contributed by atoms with Gasteiger partial charge in [-0.25, -0.2) is 4.98 Å². The zero-order valence-corrected chi connectivity index (χ0v) is 17.1. The van der Waals surface area contributed by atoms with Crippen molar-refractivity contribution in [2.45, 2.75) is 13.3 Å². The fraction of sp³-hybridized carbons (Fsp3) is 0.391. The molecule has 152 valence electrons. The molecule has 0 spiro atoms. The molecule has 1 aromatic carbocycles. The van der Waals surface area contributed by atoms with E-state index in [1.165, 1.54) is 0 Å². The summed E-state index contributed by atoms with van der Waals surface area (Å²) in [5.41, 5.74) is 4.45. The number of amides is 1. The Kier molecular flexibility index (Phi) is 5.92. The second-order valence-electron chi connectivity index (χ2n) is 7.64. The average molecular weight is 393 g/mol. The van der Waals surface area contributed by atoms with Crippen molar-refractivity contribution in [2.75, 3.05) is 39.4 Å². The normalized spacial score (nSPS) is 15.0. The summed E-state index contributed by atoms with van der Waals surface area (Å²) >= 11 is 0. The molecule has 3 aromatic rings. The summed E-state index contributed by atoms with van der Waals surface area (Å²) < 4.78 is 7.40. The molecule has 0 bridgehead atoms. The molecule has 6 nitrogen and oxygen atoms in total. The van der Waals surface area contributed by atoms with E-state index in [1.54, 1.807) is 0 Å². The van der Waals surface area contributed by atoms with Gasteiger partial charge in [0.05, 0.1) is 35.7 Å². The lowest BCUT2D eigenvalue weighted by Crippen LogP contribution is -2.38. The van der Waals surface area contributed by atoms with E-state index in [0.29, 0.717) is 12.1 Å². The van der Waals surface area contributed by atoms with E-state index in [2.05, 4.69) is 10.2 Å². The highest BCUT2D eigenvalue weighted by atomic mass is 16.5. The summed E-state index contributed by atoms with van der Waals surface area (Å²) in [7, 11) is 1.99. The molecule has 1 fully saturated rings. The minimum Gasteiger partial charge on any atom is -0.379 e. The van der Waals surface area contributed by atoms with Crippen LogP contribution in [0.3, 0.4) is 0 Å². The Bertz CT molecular complexity index is 1010. The monoisotopic (exact) mass is 392 g/mol. The molecule has 3 heterocycles. The molecule has 1 aliphatic heterocycles. The number of fused-ring (bicyclic) bond motifs is 1. The second-order valence-corrected chi connectivity index (χ2v) is 7.64. The van der Waals surface area contributed by atoms with E-state index in [-0.39, 0.29) is 5.91 Å². The third-order valence-corrected chi connectivity index (χ3v) is 5.46. The third-order valence-electron chi connectivity index (χ3n) is 5.46. The highest BCUT2D eigenvalue weighted by molar-refractivity contribution is 6.07. The summed E-state index contributed by atoms with van der Waals surface area (Å²) in [4.78, 5) is 20.2. The minimum atomic E-state index is -0.0413. The van der Waals surface area contributed by atoms with Crippen molar-refractivity contribution in [3.05, 3.63) is 53.7 Å². The Labute approximate surface area is 171 Å². The van der Waals surface area contributed by atoms with Gasteiger partial charge in [0.2, 0.25) is 0 Å². The molecular weight excluding hydrogens is 364 g/mol. The number of nitrogens with one attached hydrogen (secondary N) is 1. The molecule has 1 saturated heterocycles. The standard InChI is InChI=1S/C23H28N4O2/c1-17-6-7-20-18(15-17)19(16-21(25-20)22-5-3-9-26(22)2)23(28)24-8-4-10-27-11-13-29-14-12-27/h3,5-7,9,15-16H,4,8,10-14H2,1-2H3,(H,24,28). The van der Waals surface area contributed by atoms with Crippen molar-refractivity contribution in [1.29, 1.82) is 0 Å². The largest absolute Gasteiger partial charge is 0.379 e. The average Bonchev–Trinajstić information content (AvgIpc) is 3.17. The molecule has 29 heavy (non-hydrogen) atoms. The number of morpholine rings is 1. The SMILES string of the molecule is Cc1ccc2nc(-c3cccn3C)cc(C(=O)NCCCN3CCOCC3)c2c1. The zero-order valence-electron chi connectivity index (χ0n) is 17.1. The predicted molar refractivity (Wildman–Crippen MR) is 115 cm³/mol. The molecule has 1 N–H and O–H groups in total. The van der Waals surface area contributed by atoms with Crippen LogP contribution < -0.4 is 5.32 Å². The number of rotatable bonds is 6. The van der Waals surface area contributed by atoms with Gasteiger partial charge in [0, 0.05) is 38.3 Å². The highest BCUT2D eigenvalue weighted by Gasteiger charge is 2.16. The Morgan fingerprint density at radius 3 is 2.79 bits per heavy atom. The number of nitrogens with zero attached hydrogens (tertiary/aromatic N) is 3. The van der Waals surface area contributed by atoms with E-state index >= 15 is 0 Å². The number of carbonyl (C=O) groups is 1. The minimum absolute atomic E-state index is 0.0413. The van der Waals surface area contributed by atoms with Crippen molar-refractivity contribution in [1.82, 2.24) is 19.8 Å². The van der Waals surface area contributed by atoms with Gasteiger partial charge in [0.25, 0.3) is 5.91 Å². The third kappa shape index (κ3) is 4.49. The first-order valence-electron chi connectivity index (χ1n) is 10.2. The quantitative estimate of drug-likeness (QED) is 0.655. The topological polar surface area (TPSA) is 59.4 Å².